The molecule has 0 aromatic heterocycles. The van der Waals surface area contributed by atoms with Gasteiger partial charge in [-0.05, 0) is 19.4 Å². The first-order chi connectivity index (χ1) is 8.04. The van der Waals surface area contributed by atoms with Crippen molar-refractivity contribution in [1.82, 2.24) is 0 Å². The van der Waals surface area contributed by atoms with Crippen molar-refractivity contribution in [2.45, 2.75) is 26.4 Å². The summed E-state index contributed by atoms with van der Waals surface area (Å²) >= 11 is 0. The molecule has 0 spiro atoms. The van der Waals surface area contributed by atoms with Gasteiger partial charge >= 0.3 is 5.97 Å². The second-order valence-electron chi connectivity index (χ2n) is 3.70. The highest BCUT2D eigenvalue weighted by atomic mass is 16.5. The molecule has 0 amide bonds. The predicted octanol–water partition coefficient (Wildman–Crippen LogP) is 1.88. The summed E-state index contributed by atoms with van der Waals surface area (Å²) in [6.45, 7) is 3.49. The molecule has 1 atom stereocenters. The van der Waals surface area contributed by atoms with Crippen molar-refractivity contribution in [2.75, 3.05) is 6.61 Å². The average molecular weight is 236 g/mol. The summed E-state index contributed by atoms with van der Waals surface area (Å²) < 4.78 is 4.74. The lowest BCUT2D eigenvalue weighted by molar-refractivity contribution is -0.145. The van der Waals surface area contributed by atoms with E-state index in [4.69, 9.17) is 4.74 Å². The Morgan fingerprint density at radius 1 is 1.29 bits per heavy atom. The molecular weight excluding hydrogens is 220 g/mol. The van der Waals surface area contributed by atoms with Crippen molar-refractivity contribution < 1.29 is 19.4 Å². The number of ketones is 1. The summed E-state index contributed by atoms with van der Waals surface area (Å²) in [6, 6.07) is 6.54. The molecule has 0 saturated carbocycles. The molecule has 0 saturated heterocycles. The average Bonchev–Trinajstić information content (AvgIpc) is 2.29. The minimum Gasteiger partial charge on any atom is -0.466 e. The number of carbonyl (C=O) groups excluding carboxylic acids is 2. The van der Waals surface area contributed by atoms with Gasteiger partial charge in [-0.15, -0.1) is 0 Å². The fourth-order valence-corrected chi connectivity index (χ4v) is 1.44. The highest BCUT2D eigenvalue weighted by Gasteiger charge is 2.13. The van der Waals surface area contributed by atoms with Gasteiger partial charge in [0, 0.05) is 5.56 Å². The minimum absolute atomic E-state index is 0.0311. The van der Waals surface area contributed by atoms with E-state index < -0.39 is 12.1 Å². The normalized spacial score (nSPS) is 11.9. The number of hydrogen-bond donors (Lipinski definition) is 1. The molecule has 0 aliphatic rings. The van der Waals surface area contributed by atoms with Gasteiger partial charge in [0.15, 0.2) is 5.78 Å². The van der Waals surface area contributed by atoms with Gasteiger partial charge < -0.3 is 9.84 Å². The van der Waals surface area contributed by atoms with E-state index in [-0.39, 0.29) is 12.2 Å². The van der Waals surface area contributed by atoms with E-state index in [0.29, 0.717) is 17.7 Å². The van der Waals surface area contributed by atoms with Gasteiger partial charge in [0.1, 0.15) is 0 Å². The monoisotopic (exact) mass is 236 g/mol. The molecule has 0 fully saturated rings. The predicted molar refractivity (Wildman–Crippen MR) is 62.7 cm³/mol. The molecule has 0 radical (unpaired) electrons. The smallest absolute Gasteiger partial charge is 0.308 e. The standard InChI is InChI=1S/C13H16O4/c1-3-17-13(16)8-12(15)11-6-4-10(5-7-11)9(2)14/h4-7,12,15H,3,8H2,1-2H3. The molecule has 1 unspecified atom stereocenters. The maximum absolute atomic E-state index is 11.2. The van der Waals surface area contributed by atoms with Gasteiger partial charge in [0.25, 0.3) is 0 Å². The fraction of sp³-hybridized carbons (Fsp3) is 0.385. The number of carbonyl (C=O) groups is 2. The van der Waals surface area contributed by atoms with Crippen molar-refractivity contribution in [3.63, 3.8) is 0 Å². The van der Waals surface area contributed by atoms with Crippen molar-refractivity contribution in [3.05, 3.63) is 35.4 Å². The molecule has 0 bridgehead atoms. The number of esters is 1. The summed E-state index contributed by atoms with van der Waals surface area (Å²) in [6.07, 6.45) is -0.970. The Labute approximate surface area is 100 Å². The number of benzene rings is 1. The van der Waals surface area contributed by atoms with Crippen LogP contribution in [-0.2, 0) is 9.53 Å². The summed E-state index contributed by atoms with van der Waals surface area (Å²) in [4.78, 5) is 22.2. The van der Waals surface area contributed by atoms with Gasteiger partial charge in [0.2, 0.25) is 0 Å². The number of rotatable bonds is 5. The van der Waals surface area contributed by atoms with Crippen LogP contribution in [0.3, 0.4) is 0 Å². The molecule has 0 aliphatic heterocycles. The highest BCUT2D eigenvalue weighted by molar-refractivity contribution is 5.94. The van der Waals surface area contributed by atoms with Crippen LogP contribution in [-0.4, -0.2) is 23.5 Å². The van der Waals surface area contributed by atoms with Crippen LogP contribution >= 0.6 is 0 Å². The van der Waals surface area contributed by atoms with Crippen molar-refractivity contribution in [1.29, 1.82) is 0 Å². The third-order valence-corrected chi connectivity index (χ3v) is 2.37. The van der Waals surface area contributed by atoms with Crippen LogP contribution in [0, 0.1) is 0 Å². The molecule has 4 heteroatoms. The molecule has 0 aliphatic carbocycles. The van der Waals surface area contributed by atoms with Gasteiger partial charge in [-0.25, -0.2) is 0 Å². The number of aliphatic hydroxyl groups excluding tert-OH is 1. The fourth-order valence-electron chi connectivity index (χ4n) is 1.44. The van der Waals surface area contributed by atoms with E-state index in [1.165, 1.54) is 6.92 Å². The van der Waals surface area contributed by atoms with E-state index in [0.717, 1.165) is 0 Å². The minimum atomic E-state index is -0.893. The molecule has 1 aromatic rings. The largest absolute Gasteiger partial charge is 0.466 e. The Hall–Kier alpha value is -1.68. The maximum atomic E-state index is 11.2. The second-order valence-corrected chi connectivity index (χ2v) is 3.70. The zero-order chi connectivity index (χ0) is 12.8. The van der Waals surface area contributed by atoms with Crippen LogP contribution in [0.4, 0.5) is 0 Å². The number of ether oxygens (including phenoxy) is 1. The molecule has 1 aromatic carbocycles. The number of Topliss-reactive ketones (excluding diaryl/α,β-unsaturated/α-hetero) is 1. The second kappa shape index (κ2) is 6.15. The third kappa shape index (κ3) is 4.00. The van der Waals surface area contributed by atoms with E-state index in [9.17, 15) is 14.7 Å². The zero-order valence-corrected chi connectivity index (χ0v) is 9.97. The Balaban J connectivity index is 2.66. The SMILES string of the molecule is CCOC(=O)CC(O)c1ccc(C(C)=O)cc1. The molecule has 4 nitrogen and oxygen atoms in total. The van der Waals surface area contributed by atoms with E-state index in [1.54, 1.807) is 31.2 Å². The molecule has 92 valence electrons. The van der Waals surface area contributed by atoms with E-state index in [1.807, 2.05) is 0 Å². The molecule has 0 heterocycles. The zero-order valence-electron chi connectivity index (χ0n) is 9.97. The summed E-state index contributed by atoms with van der Waals surface area (Å²) in [5.74, 6) is -0.466. The first kappa shape index (κ1) is 13.4. The van der Waals surface area contributed by atoms with Crippen LogP contribution in [0.15, 0.2) is 24.3 Å². The quantitative estimate of drug-likeness (QED) is 0.626. The van der Waals surface area contributed by atoms with Crippen molar-refractivity contribution in [3.8, 4) is 0 Å². The van der Waals surface area contributed by atoms with Crippen LogP contribution < -0.4 is 0 Å². The Bertz CT molecular complexity index is 394. The number of aliphatic hydroxyl groups is 1. The van der Waals surface area contributed by atoms with Gasteiger partial charge in [0.05, 0.1) is 19.1 Å². The summed E-state index contributed by atoms with van der Waals surface area (Å²) in [7, 11) is 0. The lowest BCUT2D eigenvalue weighted by atomic mass is 10.0. The van der Waals surface area contributed by atoms with Crippen LogP contribution in [0.2, 0.25) is 0 Å². The summed E-state index contributed by atoms with van der Waals surface area (Å²) in [5, 5.41) is 9.76. The lowest BCUT2D eigenvalue weighted by Gasteiger charge is -2.10. The molecular formula is C13H16O4. The first-order valence-corrected chi connectivity index (χ1v) is 5.49. The lowest BCUT2D eigenvalue weighted by Crippen LogP contribution is -2.10. The van der Waals surface area contributed by atoms with Gasteiger partial charge in [-0.1, -0.05) is 24.3 Å². The topological polar surface area (TPSA) is 63.6 Å². The van der Waals surface area contributed by atoms with Gasteiger partial charge in [-0.3, -0.25) is 9.59 Å². The molecule has 1 rings (SSSR count). The number of hydrogen-bond acceptors (Lipinski definition) is 4. The third-order valence-electron chi connectivity index (χ3n) is 2.37. The van der Waals surface area contributed by atoms with E-state index in [2.05, 4.69) is 0 Å². The first-order valence-electron chi connectivity index (χ1n) is 5.49. The van der Waals surface area contributed by atoms with E-state index >= 15 is 0 Å². The summed E-state index contributed by atoms with van der Waals surface area (Å²) in [5.41, 5.74) is 1.18. The van der Waals surface area contributed by atoms with Gasteiger partial charge in [-0.2, -0.15) is 0 Å². The highest BCUT2D eigenvalue weighted by Crippen LogP contribution is 2.17. The molecule has 1 N–H and O–H groups in total. The van der Waals surface area contributed by atoms with Crippen molar-refractivity contribution >= 4 is 11.8 Å². The van der Waals surface area contributed by atoms with Crippen LogP contribution in [0.25, 0.3) is 0 Å². The Morgan fingerprint density at radius 2 is 1.88 bits per heavy atom. The maximum Gasteiger partial charge on any atom is 0.308 e. The van der Waals surface area contributed by atoms with Crippen LogP contribution in [0.5, 0.6) is 0 Å². The van der Waals surface area contributed by atoms with Crippen LogP contribution in [0.1, 0.15) is 42.3 Å². The Morgan fingerprint density at radius 3 is 2.35 bits per heavy atom. The Kier molecular flexibility index (Phi) is 4.84. The van der Waals surface area contributed by atoms with Crippen molar-refractivity contribution in [2.24, 2.45) is 0 Å². The molecule has 17 heavy (non-hydrogen) atoms.